The maximum absolute atomic E-state index is 13.2. The van der Waals surface area contributed by atoms with Crippen LogP contribution in [0.4, 0.5) is 10.3 Å². The Hall–Kier alpha value is -1.97. The molecular weight excluding hydrogens is 253 g/mol. The molecule has 1 unspecified atom stereocenters. The molecule has 0 aliphatic rings. The van der Waals surface area contributed by atoms with Crippen LogP contribution in [0.1, 0.15) is 49.7 Å². The Morgan fingerprint density at radius 1 is 1.10 bits per heavy atom. The van der Waals surface area contributed by atoms with E-state index in [-0.39, 0.29) is 11.9 Å². The lowest BCUT2D eigenvalue weighted by molar-refractivity contribution is 0.623. The monoisotopic (exact) mass is 273 g/mol. The zero-order valence-corrected chi connectivity index (χ0v) is 12.3. The molecule has 106 valence electrons. The first-order chi connectivity index (χ1) is 9.45. The zero-order valence-electron chi connectivity index (χ0n) is 12.3. The summed E-state index contributed by atoms with van der Waals surface area (Å²) in [5.41, 5.74) is 2.81. The molecule has 2 aromatic rings. The van der Waals surface area contributed by atoms with Crippen molar-refractivity contribution in [2.24, 2.45) is 0 Å². The van der Waals surface area contributed by atoms with Gasteiger partial charge in [-0.1, -0.05) is 26.0 Å². The minimum Gasteiger partial charge on any atom is -0.348 e. The lowest BCUT2D eigenvalue weighted by Crippen LogP contribution is -2.11. The highest BCUT2D eigenvalue weighted by atomic mass is 19.1. The average Bonchev–Trinajstić information content (AvgIpc) is 2.37. The van der Waals surface area contributed by atoms with Crippen LogP contribution in [0, 0.1) is 12.7 Å². The second-order valence-electron chi connectivity index (χ2n) is 5.33. The smallest absolute Gasteiger partial charge is 0.223 e. The van der Waals surface area contributed by atoms with Crippen molar-refractivity contribution in [3.05, 3.63) is 53.1 Å². The van der Waals surface area contributed by atoms with E-state index >= 15 is 0 Å². The van der Waals surface area contributed by atoms with Crippen molar-refractivity contribution in [3.8, 4) is 0 Å². The van der Waals surface area contributed by atoms with Crippen LogP contribution in [-0.4, -0.2) is 9.97 Å². The Morgan fingerprint density at radius 3 is 2.50 bits per heavy atom. The van der Waals surface area contributed by atoms with Gasteiger partial charge >= 0.3 is 0 Å². The molecule has 1 aromatic heterocycles. The van der Waals surface area contributed by atoms with E-state index in [1.807, 2.05) is 26.0 Å². The number of nitrogens with zero attached hydrogens (tertiary/aromatic N) is 2. The first-order valence-electron chi connectivity index (χ1n) is 6.83. The van der Waals surface area contributed by atoms with Crippen LogP contribution in [0.5, 0.6) is 0 Å². The highest BCUT2D eigenvalue weighted by molar-refractivity contribution is 5.34. The molecule has 0 bridgehead atoms. The summed E-state index contributed by atoms with van der Waals surface area (Å²) in [5.74, 6) is 0.705. The molecule has 0 saturated heterocycles. The largest absolute Gasteiger partial charge is 0.348 e. The molecule has 0 aliphatic carbocycles. The first kappa shape index (κ1) is 14.4. The van der Waals surface area contributed by atoms with Gasteiger partial charge in [0.2, 0.25) is 5.95 Å². The van der Waals surface area contributed by atoms with E-state index < -0.39 is 0 Å². The van der Waals surface area contributed by atoms with Crippen molar-refractivity contribution in [2.75, 3.05) is 5.32 Å². The van der Waals surface area contributed by atoms with Gasteiger partial charge in [-0.2, -0.15) is 0 Å². The minimum atomic E-state index is -0.232. The third-order valence-corrected chi connectivity index (χ3v) is 3.16. The summed E-state index contributed by atoms with van der Waals surface area (Å²) < 4.78 is 13.2. The van der Waals surface area contributed by atoms with Crippen molar-refractivity contribution in [1.29, 1.82) is 0 Å². The number of halogens is 1. The first-order valence-corrected chi connectivity index (χ1v) is 6.83. The Kier molecular flexibility index (Phi) is 4.32. The van der Waals surface area contributed by atoms with E-state index in [9.17, 15) is 4.39 Å². The summed E-state index contributed by atoms with van der Waals surface area (Å²) in [6.45, 7) is 8.12. The van der Waals surface area contributed by atoms with Crippen LogP contribution in [0.2, 0.25) is 0 Å². The normalized spacial score (nSPS) is 12.5. The molecule has 0 radical (unpaired) electrons. The number of rotatable bonds is 4. The molecule has 0 spiro atoms. The molecule has 1 N–H and O–H groups in total. The summed E-state index contributed by atoms with van der Waals surface area (Å²) in [5, 5.41) is 3.23. The molecule has 0 amide bonds. The molecule has 2 rings (SSSR count). The fraction of sp³-hybridized carbons (Fsp3) is 0.375. The van der Waals surface area contributed by atoms with Crippen molar-refractivity contribution >= 4 is 5.95 Å². The Balaban J connectivity index is 2.21. The van der Waals surface area contributed by atoms with E-state index in [0.29, 0.717) is 11.9 Å². The number of anilines is 1. The lowest BCUT2D eigenvalue weighted by atomic mass is 10.1. The Bertz CT molecular complexity index is 596. The maximum Gasteiger partial charge on any atom is 0.223 e. The Morgan fingerprint density at radius 2 is 1.85 bits per heavy atom. The highest BCUT2D eigenvalue weighted by Crippen LogP contribution is 2.20. The quantitative estimate of drug-likeness (QED) is 0.906. The molecule has 1 heterocycles. The number of aromatic nitrogens is 2. The van der Waals surface area contributed by atoms with Gasteiger partial charge in [-0.25, -0.2) is 14.4 Å². The number of aryl methyl sites for hydroxylation is 1. The number of hydrogen-bond donors (Lipinski definition) is 1. The Labute approximate surface area is 119 Å². The minimum absolute atomic E-state index is 0.0486. The standard InChI is InChI=1S/C16H20FN3/c1-10(2)15-8-11(3)18-16(20-15)19-12(4)13-6-5-7-14(17)9-13/h5-10,12H,1-4H3,(H,18,19,20). The van der Waals surface area contributed by atoms with Gasteiger partial charge in [0.1, 0.15) is 5.82 Å². The fourth-order valence-corrected chi connectivity index (χ4v) is 2.01. The summed E-state index contributed by atoms with van der Waals surface area (Å²) in [6.07, 6.45) is 0. The lowest BCUT2D eigenvalue weighted by Gasteiger charge is -2.16. The van der Waals surface area contributed by atoms with Gasteiger partial charge in [0.15, 0.2) is 0 Å². The van der Waals surface area contributed by atoms with Gasteiger partial charge in [0, 0.05) is 11.4 Å². The van der Waals surface area contributed by atoms with E-state index in [2.05, 4.69) is 29.1 Å². The summed E-state index contributed by atoms with van der Waals surface area (Å²) in [6, 6.07) is 8.50. The van der Waals surface area contributed by atoms with Crippen LogP contribution in [-0.2, 0) is 0 Å². The topological polar surface area (TPSA) is 37.8 Å². The average molecular weight is 273 g/mol. The van der Waals surface area contributed by atoms with Gasteiger partial charge in [-0.15, -0.1) is 0 Å². The molecule has 0 aliphatic heterocycles. The van der Waals surface area contributed by atoms with E-state index in [0.717, 1.165) is 17.0 Å². The predicted molar refractivity (Wildman–Crippen MR) is 79.3 cm³/mol. The third kappa shape index (κ3) is 3.53. The van der Waals surface area contributed by atoms with Gasteiger partial charge in [0.05, 0.1) is 6.04 Å². The molecule has 3 nitrogen and oxygen atoms in total. The summed E-state index contributed by atoms with van der Waals surface area (Å²) in [7, 11) is 0. The summed E-state index contributed by atoms with van der Waals surface area (Å²) >= 11 is 0. The summed E-state index contributed by atoms with van der Waals surface area (Å²) in [4.78, 5) is 8.89. The molecule has 4 heteroatoms. The van der Waals surface area contributed by atoms with Gasteiger partial charge < -0.3 is 5.32 Å². The van der Waals surface area contributed by atoms with Crippen molar-refractivity contribution in [1.82, 2.24) is 9.97 Å². The van der Waals surface area contributed by atoms with Crippen molar-refractivity contribution in [2.45, 2.75) is 39.7 Å². The molecule has 0 saturated carbocycles. The van der Waals surface area contributed by atoms with Crippen LogP contribution in [0.15, 0.2) is 30.3 Å². The van der Waals surface area contributed by atoms with Gasteiger partial charge in [-0.3, -0.25) is 0 Å². The van der Waals surface area contributed by atoms with Crippen LogP contribution in [0.25, 0.3) is 0 Å². The second kappa shape index (κ2) is 5.99. The molecule has 1 atom stereocenters. The molecular formula is C16H20FN3. The van der Waals surface area contributed by atoms with Crippen LogP contribution in [0.3, 0.4) is 0 Å². The van der Waals surface area contributed by atoms with Crippen molar-refractivity contribution < 1.29 is 4.39 Å². The zero-order chi connectivity index (χ0) is 14.7. The molecule has 20 heavy (non-hydrogen) atoms. The van der Waals surface area contributed by atoms with Gasteiger partial charge in [-0.05, 0) is 43.5 Å². The van der Waals surface area contributed by atoms with Gasteiger partial charge in [0.25, 0.3) is 0 Å². The number of nitrogens with one attached hydrogen (secondary N) is 1. The predicted octanol–water partition coefficient (Wildman–Crippen LogP) is 4.22. The second-order valence-corrected chi connectivity index (χ2v) is 5.33. The highest BCUT2D eigenvalue weighted by Gasteiger charge is 2.10. The van der Waals surface area contributed by atoms with Crippen LogP contribution >= 0.6 is 0 Å². The van der Waals surface area contributed by atoms with E-state index in [1.54, 1.807) is 6.07 Å². The number of benzene rings is 1. The molecule has 1 aromatic carbocycles. The fourth-order valence-electron chi connectivity index (χ4n) is 2.01. The molecule has 0 fully saturated rings. The maximum atomic E-state index is 13.2. The van der Waals surface area contributed by atoms with E-state index in [1.165, 1.54) is 12.1 Å². The van der Waals surface area contributed by atoms with E-state index in [4.69, 9.17) is 0 Å². The number of hydrogen-bond acceptors (Lipinski definition) is 3. The third-order valence-electron chi connectivity index (χ3n) is 3.16. The van der Waals surface area contributed by atoms with Crippen molar-refractivity contribution in [3.63, 3.8) is 0 Å². The van der Waals surface area contributed by atoms with Crippen LogP contribution < -0.4 is 5.32 Å². The SMILES string of the molecule is Cc1cc(C(C)C)nc(NC(C)c2cccc(F)c2)n1.